The summed E-state index contributed by atoms with van der Waals surface area (Å²) < 4.78 is 17.1. The van der Waals surface area contributed by atoms with E-state index in [0.717, 1.165) is 11.1 Å². The van der Waals surface area contributed by atoms with Crippen LogP contribution in [0.2, 0.25) is 0 Å². The van der Waals surface area contributed by atoms with Gasteiger partial charge in [-0.3, -0.25) is 4.79 Å². The maximum atomic E-state index is 12.9. The molecule has 0 saturated carbocycles. The van der Waals surface area contributed by atoms with E-state index in [-0.39, 0.29) is 18.0 Å². The molecule has 0 aliphatic carbocycles. The van der Waals surface area contributed by atoms with Gasteiger partial charge in [-0.25, -0.2) is 0 Å². The number of benzene rings is 2. The molecule has 2 aromatic carbocycles. The summed E-state index contributed by atoms with van der Waals surface area (Å²) in [6.07, 6.45) is 3.39. The summed E-state index contributed by atoms with van der Waals surface area (Å²) in [6, 6.07) is 8.34. The Morgan fingerprint density at radius 3 is 2.48 bits per heavy atom. The van der Waals surface area contributed by atoms with Crippen LogP contribution in [0, 0.1) is 0 Å². The van der Waals surface area contributed by atoms with Crippen molar-refractivity contribution < 1.29 is 24.1 Å². The molecule has 1 atom stereocenters. The Morgan fingerprint density at radius 2 is 1.89 bits per heavy atom. The van der Waals surface area contributed by atoms with Crippen molar-refractivity contribution in [2.45, 2.75) is 19.4 Å². The molecule has 1 unspecified atom stereocenters. The fourth-order valence-corrected chi connectivity index (χ4v) is 3.06. The van der Waals surface area contributed by atoms with Crippen LogP contribution >= 0.6 is 0 Å². The van der Waals surface area contributed by atoms with Gasteiger partial charge in [0.25, 0.3) is 0 Å². The van der Waals surface area contributed by atoms with Crippen molar-refractivity contribution in [3.8, 4) is 23.0 Å². The molecule has 0 aromatic heterocycles. The minimum absolute atomic E-state index is 0.0706. The van der Waals surface area contributed by atoms with Gasteiger partial charge in [-0.05, 0) is 30.7 Å². The second-order valence-corrected chi connectivity index (χ2v) is 6.40. The number of hydrogen-bond acceptors (Lipinski definition) is 5. The highest BCUT2D eigenvalue weighted by Gasteiger charge is 2.33. The molecule has 3 rings (SSSR count). The lowest BCUT2D eigenvalue weighted by molar-refractivity contribution is 0.0843. The Hall–Kier alpha value is -3.21. The molecule has 0 amide bonds. The zero-order valence-electron chi connectivity index (χ0n) is 15.6. The van der Waals surface area contributed by atoms with E-state index >= 15 is 0 Å². The van der Waals surface area contributed by atoms with Gasteiger partial charge in [0.05, 0.1) is 26.2 Å². The highest BCUT2D eigenvalue weighted by Crippen LogP contribution is 2.46. The smallest absolute Gasteiger partial charge is 0.174 e. The minimum Gasteiger partial charge on any atom is -0.508 e. The maximum absolute atomic E-state index is 12.9. The fraction of sp³-hybridized carbons (Fsp3) is 0.227. The van der Waals surface area contributed by atoms with Crippen LogP contribution in [0.5, 0.6) is 23.0 Å². The largest absolute Gasteiger partial charge is 0.508 e. The molecule has 0 spiro atoms. The van der Waals surface area contributed by atoms with E-state index < -0.39 is 6.10 Å². The molecule has 0 fully saturated rings. The normalized spacial score (nSPS) is 16.0. The van der Waals surface area contributed by atoms with Gasteiger partial charge < -0.3 is 19.3 Å². The molecule has 0 radical (unpaired) electrons. The molecule has 1 aliphatic heterocycles. The van der Waals surface area contributed by atoms with Crippen molar-refractivity contribution in [1.82, 2.24) is 0 Å². The SMILES string of the molecule is C=C(C)C=Cc1c(OC)cc(OC)c2c1OC(c1ccc(O)cc1)CC2=O. The highest BCUT2D eigenvalue weighted by atomic mass is 16.5. The summed E-state index contributed by atoms with van der Waals surface area (Å²) >= 11 is 0. The van der Waals surface area contributed by atoms with Crippen molar-refractivity contribution >= 4 is 11.9 Å². The number of Topliss-reactive ketones (excluding diaryl/α,β-unsaturated/α-hetero) is 1. The number of methoxy groups -OCH3 is 2. The van der Waals surface area contributed by atoms with Gasteiger partial charge in [-0.2, -0.15) is 0 Å². The number of phenolic OH excluding ortho intramolecular Hbond substituents is 1. The lowest BCUT2D eigenvalue weighted by Crippen LogP contribution is -2.22. The quantitative estimate of drug-likeness (QED) is 0.777. The van der Waals surface area contributed by atoms with Crippen LogP contribution in [0.25, 0.3) is 6.08 Å². The third-order valence-corrected chi connectivity index (χ3v) is 4.39. The van der Waals surface area contributed by atoms with Gasteiger partial charge in [-0.1, -0.05) is 30.4 Å². The van der Waals surface area contributed by atoms with E-state index in [1.165, 1.54) is 7.11 Å². The Balaban J connectivity index is 2.15. The number of fused-ring (bicyclic) bond motifs is 1. The zero-order chi connectivity index (χ0) is 19.6. The first-order valence-corrected chi connectivity index (χ1v) is 8.56. The topological polar surface area (TPSA) is 65.0 Å². The van der Waals surface area contributed by atoms with Crippen molar-refractivity contribution in [3.63, 3.8) is 0 Å². The summed E-state index contributed by atoms with van der Waals surface area (Å²) in [5, 5.41) is 9.51. The summed E-state index contributed by atoms with van der Waals surface area (Å²) in [5.74, 6) is 1.48. The van der Waals surface area contributed by atoms with Crippen LogP contribution in [0.1, 0.15) is 40.9 Å². The molecule has 27 heavy (non-hydrogen) atoms. The maximum Gasteiger partial charge on any atom is 0.174 e. The number of aromatic hydroxyl groups is 1. The summed E-state index contributed by atoms with van der Waals surface area (Å²) in [4.78, 5) is 12.9. The molecule has 0 saturated heterocycles. The lowest BCUT2D eigenvalue weighted by atomic mass is 9.93. The number of hydrogen-bond donors (Lipinski definition) is 1. The third-order valence-electron chi connectivity index (χ3n) is 4.39. The summed E-state index contributed by atoms with van der Waals surface area (Å²) in [7, 11) is 3.07. The monoisotopic (exact) mass is 366 g/mol. The first-order chi connectivity index (χ1) is 12.9. The molecular formula is C22H22O5. The number of ether oxygens (including phenoxy) is 3. The van der Waals surface area contributed by atoms with Gasteiger partial charge in [0.2, 0.25) is 0 Å². The van der Waals surface area contributed by atoms with Gasteiger partial charge in [0.1, 0.15) is 34.7 Å². The molecule has 0 bridgehead atoms. The minimum atomic E-state index is -0.459. The zero-order valence-corrected chi connectivity index (χ0v) is 15.6. The summed E-state index contributed by atoms with van der Waals surface area (Å²) in [6.45, 7) is 5.75. The molecule has 2 aromatic rings. The van der Waals surface area contributed by atoms with E-state index in [4.69, 9.17) is 14.2 Å². The van der Waals surface area contributed by atoms with Crippen LogP contribution in [0.15, 0.2) is 48.6 Å². The number of ketones is 1. The average molecular weight is 366 g/mol. The lowest BCUT2D eigenvalue weighted by Gasteiger charge is -2.29. The molecule has 5 nitrogen and oxygen atoms in total. The third kappa shape index (κ3) is 3.67. The van der Waals surface area contributed by atoms with E-state index in [1.807, 2.05) is 19.1 Å². The molecule has 5 heteroatoms. The Labute approximate surface area is 158 Å². The molecule has 1 aliphatic rings. The second kappa shape index (κ2) is 7.58. The van der Waals surface area contributed by atoms with E-state index in [1.54, 1.807) is 37.4 Å². The fourth-order valence-electron chi connectivity index (χ4n) is 3.06. The predicted octanol–water partition coefficient (Wildman–Crippen LogP) is 4.71. The van der Waals surface area contributed by atoms with E-state index in [9.17, 15) is 9.90 Å². The van der Waals surface area contributed by atoms with Crippen molar-refractivity contribution in [3.05, 3.63) is 65.3 Å². The standard InChI is InChI=1S/C22H22O5/c1-13(2)5-10-16-19(25-3)12-20(26-4)21-17(24)11-18(27-22(16)21)14-6-8-15(23)9-7-14/h5-10,12,18,23H,1,11H2,2-4H3. The van der Waals surface area contributed by atoms with Gasteiger partial charge in [0, 0.05) is 6.07 Å². The van der Waals surface area contributed by atoms with Crippen LogP contribution in [-0.2, 0) is 0 Å². The van der Waals surface area contributed by atoms with Crippen molar-refractivity contribution in [2.75, 3.05) is 14.2 Å². The second-order valence-electron chi connectivity index (χ2n) is 6.40. The first-order valence-electron chi connectivity index (χ1n) is 8.56. The molecule has 1 heterocycles. The number of phenols is 1. The molecular weight excluding hydrogens is 344 g/mol. The Kier molecular flexibility index (Phi) is 5.21. The van der Waals surface area contributed by atoms with Crippen LogP contribution in [-0.4, -0.2) is 25.1 Å². The van der Waals surface area contributed by atoms with Gasteiger partial charge in [0.15, 0.2) is 5.78 Å². The number of carbonyl (C=O) groups excluding carboxylic acids is 1. The predicted molar refractivity (Wildman–Crippen MR) is 104 cm³/mol. The van der Waals surface area contributed by atoms with Crippen molar-refractivity contribution in [1.29, 1.82) is 0 Å². The van der Waals surface area contributed by atoms with Gasteiger partial charge >= 0.3 is 0 Å². The Morgan fingerprint density at radius 1 is 1.22 bits per heavy atom. The molecule has 140 valence electrons. The van der Waals surface area contributed by atoms with Gasteiger partial charge in [-0.15, -0.1) is 0 Å². The Bertz CT molecular complexity index is 909. The number of carbonyl (C=O) groups is 1. The van der Waals surface area contributed by atoms with Crippen molar-refractivity contribution in [2.24, 2.45) is 0 Å². The number of rotatable bonds is 5. The summed E-state index contributed by atoms with van der Waals surface area (Å²) in [5.41, 5.74) is 2.74. The van der Waals surface area contributed by atoms with Crippen LogP contribution < -0.4 is 14.2 Å². The van der Waals surface area contributed by atoms with E-state index in [0.29, 0.717) is 28.4 Å². The number of allylic oxidation sites excluding steroid dienone is 2. The molecule has 1 N–H and O–H groups in total. The average Bonchev–Trinajstić information content (AvgIpc) is 2.65. The van der Waals surface area contributed by atoms with Crippen LogP contribution in [0.4, 0.5) is 0 Å². The first kappa shape index (κ1) is 18.6. The van der Waals surface area contributed by atoms with Crippen LogP contribution in [0.3, 0.4) is 0 Å². The highest BCUT2D eigenvalue weighted by molar-refractivity contribution is 6.04. The van der Waals surface area contributed by atoms with E-state index in [2.05, 4.69) is 6.58 Å².